The Morgan fingerprint density at radius 1 is 1.44 bits per heavy atom. The first kappa shape index (κ1) is 13.9. The van der Waals surface area contributed by atoms with Crippen LogP contribution in [0.15, 0.2) is 22.9 Å². The second-order valence-corrected chi connectivity index (χ2v) is 5.60. The number of hydrogen-bond acceptors (Lipinski definition) is 2. The minimum atomic E-state index is 0.376. The van der Waals surface area contributed by atoms with E-state index in [1.165, 1.54) is 5.56 Å². The van der Waals surface area contributed by atoms with Crippen LogP contribution in [0.3, 0.4) is 0 Å². The van der Waals surface area contributed by atoms with Crippen LogP contribution in [-0.2, 0) is 6.54 Å². The van der Waals surface area contributed by atoms with Gasteiger partial charge < -0.3 is 5.32 Å². The maximum Gasteiger partial charge on any atom is 0.0410 e. The Morgan fingerprint density at radius 3 is 2.75 bits per heavy atom. The van der Waals surface area contributed by atoms with Crippen molar-refractivity contribution in [3.8, 4) is 0 Å². The van der Waals surface area contributed by atoms with Crippen LogP contribution in [0.1, 0.15) is 25.8 Å². The van der Waals surface area contributed by atoms with E-state index >= 15 is 0 Å². The van der Waals surface area contributed by atoms with Crippen molar-refractivity contribution in [2.45, 2.75) is 32.9 Å². The van der Waals surface area contributed by atoms with Gasteiger partial charge in [0.05, 0.1) is 0 Å². The molecule has 4 heteroatoms. The smallest absolute Gasteiger partial charge is 0.0410 e. The van der Waals surface area contributed by atoms with Crippen molar-refractivity contribution in [1.29, 1.82) is 0 Å². The van der Waals surface area contributed by atoms with E-state index in [0.717, 1.165) is 17.4 Å². The number of rotatable bonds is 6. The summed E-state index contributed by atoms with van der Waals surface area (Å²) >= 11 is 9.33. The van der Waals surface area contributed by atoms with Crippen molar-refractivity contribution in [3.63, 3.8) is 0 Å². The second-order valence-electron chi connectivity index (χ2n) is 4.37. The third-order valence-corrected chi connectivity index (χ3v) is 3.10. The quantitative estimate of drug-likeness (QED) is 0.813. The zero-order chi connectivity index (χ0) is 12.0. The number of pyridine rings is 1. The van der Waals surface area contributed by atoms with Crippen LogP contribution in [0, 0.1) is 5.92 Å². The summed E-state index contributed by atoms with van der Waals surface area (Å²) in [4.78, 5) is 4.13. The SMILES string of the molecule is CC(C)CC(CCl)NCc1cncc(Br)c1. The Balaban J connectivity index is 2.43. The van der Waals surface area contributed by atoms with Crippen molar-refractivity contribution in [2.24, 2.45) is 5.92 Å². The van der Waals surface area contributed by atoms with Gasteiger partial charge in [-0.05, 0) is 39.9 Å². The standard InChI is InChI=1S/C12H18BrClN2/c1-9(2)3-12(5-14)16-7-10-4-11(13)8-15-6-10/h4,6,8-9,12,16H,3,5,7H2,1-2H3. The molecule has 2 nitrogen and oxygen atoms in total. The molecular weight excluding hydrogens is 288 g/mol. The topological polar surface area (TPSA) is 24.9 Å². The fourth-order valence-electron chi connectivity index (χ4n) is 1.58. The summed E-state index contributed by atoms with van der Waals surface area (Å²) < 4.78 is 1.01. The van der Waals surface area contributed by atoms with E-state index in [1.54, 1.807) is 6.20 Å². The average Bonchev–Trinajstić information content (AvgIpc) is 2.24. The third kappa shape index (κ3) is 5.28. The molecule has 0 aliphatic rings. The van der Waals surface area contributed by atoms with Crippen molar-refractivity contribution < 1.29 is 0 Å². The van der Waals surface area contributed by atoms with E-state index < -0.39 is 0 Å². The molecule has 0 aromatic carbocycles. The van der Waals surface area contributed by atoms with Gasteiger partial charge in [-0.2, -0.15) is 0 Å². The lowest BCUT2D eigenvalue weighted by Gasteiger charge is -2.18. The molecule has 1 aromatic rings. The Labute approximate surface area is 111 Å². The van der Waals surface area contributed by atoms with Crippen LogP contribution in [0.25, 0.3) is 0 Å². The van der Waals surface area contributed by atoms with E-state index in [-0.39, 0.29) is 0 Å². The van der Waals surface area contributed by atoms with Gasteiger partial charge in [-0.15, -0.1) is 11.6 Å². The summed E-state index contributed by atoms with van der Waals surface area (Å²) in [5.41, 5.74) is 1.17. The van der Waals surface area contributed by atoms with Gasteiger partial charge in [-0.1, -0.05) is 13.8 Å². The molecule has 1 rings (SSSR count). The van der Waals surface area contributed by atoms with Crippen molar-refractivity contribution in [1.82, 2.24) is 10.3 Å². The van der Waals surface area contributed by atoms with Gasteiger partial charge in [-0.3, -0.25) is 4.98 Å². The normalized spacial score (nSPS) is 13.1. The van der Waals surface area contributed by atoms with Crippen molar-refractivity contribution in [2.75, 3.05) is 5.88 Å². The molecule has 1 heterocycles. The summed E-state index contributed by atoms with van der Waals surface area (Å²) in [6, 6.07) is 2.45. The summed E-state index contributed by atoms with van der Waals surface area (Å²) in [7, 11) is 0. The molecule has 0 saturated heterocycles. The molecule has 0 aliphatic carbocycles. The molecule has 0 amide bonds. The van der Waals surface area contributed by atoms with E-state index in [9.17, 15) is 0 Å². The summed E-state index contributed by atoms with van der Waals surface area (Å²) in [6.07, 6.45) is 4.76. The highest BCUT2D eigenvalue weighted by Gasteiger charge is 2.08. The minimum absolute atomic E-state index is 0.376. The number of hydrogen-bond donors (Lipinski definition) is 1. The molecule has 1 unspecified atom stereocenters. The van der Waals surface area contributed by atoms with Crippen LogP contribution in [0.4, 0.5) is 0 Å². The minimum Gasteiger partial charge on any atom is -0.309 e. The summed E-state index contributed by atoms with van der Waals surface area (Å²) in [6.45, 7) is 5.24. The lowest BCUT2D eigenvalue weighted by Crippen LogP contribution is -2.31. The number of halogens is 2. The number of aromatic nitrogens is 1. The first-order chi connectivity index (χ1) is 7.61. The molecule has 0 aliphatic heterocycles. The van der Waals surface area contributed by atoms with Crippen molar-refractivity contribution in [3.05, 3.63) is 28.5 Å². The molecule has 1 aromatic heterocycles. The molecular formula is C12H18BrClN2. The predicted molar refractivity (Wildman–Crippen MR) is 72.7 cm³/mol. The molecule has 16 heavy (non-hydrogen) atoms. The van der Waals surface area contributed by atoms with Gasteiger partial charge in [0.1, 0.15) is 0 Å². The third-order valence-electron chi connectivity index (χ3n) is 2.30. The maximum atomic E-state index is 5.92. The highest BCUT2D eigenvalue weighted by molar-refractivity contribution is 9.10. The molecule has 0 radical (unpaired) electrons. The molecule has 1 atom stereocenters. The first-order valence-electron chi connectivity index (χ1n) is 5.50. The Bertz CT molecular complexity index is 318. The monoisotopic (exact) mass is 304 g/mol. The number of nitrogens with one attached hydrogen (secondary N) is 1. The Kier molecular flexibility index (Phi) is 6.32. The van der Waals surface area contributed by atoms with Gasteiger partial charge >= 0.3 is 0 Å². The summed E-state index contributed by atoms with van der Waals surface area (Å²) in [5, 5.41) is 3.45. The Morgan fingerprint density at radius 2 is 2.19 bits per heavy atom. The fraction of sp³-hybridized carbons (Fsp3) is 0.583. The first-order valence-corrected chi connectivity index (χ1v) is 6.83. The number of nitrogens with zero attached hydrogens (tertiary/aromatic N) is 1. The van der Waals surface area contributed by atoms with Gasteiger partial charge in [-0.25, -0.2) is 0 Å². The van der Waals surface area contributed by atoms with Gasteiger partial charge in [0.2, 0.25) is 0 Å². The van der Waals surface area contributed by atoms with Gasteiger partial charge in [0, 0.05) is 35.3 Å². The maximum absolute atomic E-state index is 5.92. The van der Waals surface area contributed by atoms with Gasteiger partial charge in [0.25, 0.3) is 0 Å². The molecule has 1 N–H and O–H groups in total. The van der Waals surface area contributed by atoms with Crippen LogP contribution < -0.4 is 5.32 Å². The van der Waals surface area contributed by atoms with Gasteiger partial charge in [0.15, 0.2) is 0 Å². The lowest BCUT2D eigenvalue weighted by molar-refractivity contribution is 0.444. The summed E-state index contributed by atoms with van der Waals surface area (Å²) in [5.74, 6) is 1.32. The molecule has 0 saturated carbocycles. The largest absolute Gasteiger partial charge is 0.309 e. The molecule has 0 fully saturated rings. The number of alkyl halides is 1. The molecule has 0 spiro atoms. The zero-order valence-electron chi connectivity index (χ0n) is 9.71. The van der Waals surface area contributed by atoms with Crippen LogP contribution in [-0.4, -0.2) is 16.9 Å². The fourth-order valence-corrected chi connectivity index (χ4v) is 2.23. The van der Waals surface area contributed by atoms with Crippen molar-refractivity contribution >= 4 is 27.5 Å². The zero-order valence-corrected chi connectivity index (χ0v) is 12.1. The predicted octanol–water partition coefficient (Wildman–Crippen LogP) is 3.59. The highest BCUT2D eigenvalue weighted by Crippen LogP contribution is 2.11. The Hall–Kier alpha value is -0.120. The molecule has 90 valence electrons. The van der Waals surface area contributed by atoms with E-state index in [2.05, 4.69) is 46.1 Å². The van der Waals surface area contributed by atoms with Crippen LogP contribution >= 0.6 is 27.5 Å². The second kappa shape index (κ2) is 7.25. The van der Waals surface area contributed by atoms with Crippen LogP contribution in [0.2, 0.25) is 0 Å². The van der Waals surface area contributed by atoms with E-state index in [4.69, 9.17) is 11.6 Å². The average molecular weight is 306 g/mol. The molecule has 0 bridgehead atoms. The highest BCUT2D eigenvalue weighted by atomic mass is 79.9. The lowest BCUT2D eigenvalue weighted by atomic mass is 10.1. The van der Waals surface area contributed by atoms with E-state index in [1.807, 2.05) is 6.20 Å². The van der Waals surface area contributed by atoms with E-state index in [0.29, 0.717) is 17.8 Å². The van der Waals surface area contributed by atoms with Crippen LogP contribution in [0.5, 0.6) is 0 Å².